The van der Waals surface area contributed by atoms with Gasteiger partial charge in [0.15, 0.2) is 5.60 Å². The summed E-state index contributed by atoms with van der Waals surface area (Å²) >= 11 is 0. The largest absolute Gasteiger partial charge is 0.458 e. The summed E-state index contributed by atoms with van der Waals surface area (Å²) in [7, 11) is 0. The van der Waals surface area contributed by atoms with Gasteiger partial charge in [0.2, 0.25) is 0 Å². The fourth-order valence-electron chi connectivity index (χ4n) is 3.85. The number of aliphatic hydroxyl groups is 1. The van der Waals surface area contributed by atoms with Gasteiger partial charge in [-0.15, -0.1) is 0 Å². The molecule has 0 bridgehead atoms. The van der Waals surface area contributed by atoms with Gasteiger partial charge in [-0.2, -0.15) is 0 Å². The van der Waals surface area contributed by atoms with E-state index in [0.717, 1.165) is 0 Å². The van der Waals surface area contributed by atoms with Crippen molar-refractivity contribution in [3.63, 3.8) is 0 Å². The van der Waals surface area contributed by atoms with Crippen molar-refractivity contribution in [2.45, 2.75) is 77.2 Å². The van der Waals surface area contributed by atoms with Crippen LogP contribution in [0.15, 0.2) is 35.5 Å². The summed E-state index contributed by atoms with van der Waals surface area (Å²) in [4.78, 5) is 36.4. The molecular weight excluding hydrogens is 392 g/mol. The first-order chi connectivity index (χ1) is 14.0. The molecule has 2 fully saturated rings. The lowest BCUT2D eigenvalue weighted by Gasteiger charge is -2.31. The normalized spacial score (nSPS) is 42.1. The van der Waals surface area contributed by atoms with Gasteiger partial charge in [-0.3, -0.25) is 4.79 Å². The molecule has 2 heterocycles. The molecule has 0 unspecified atom stereocenters. The molecule has 8 heteroatoms. The Morgan fingerprint density at radius 1 is 1.27 bits per heavy atom. The molecule has 2 aliphatic heterocycles. The molecule has 3 aliphatic rings. The van der Waals surface area contributed by atoms with Gasteiger partial charge in [0.1, 0.15) is 24.4 Å². The molecule has 8 nitrogen and oxygen atoms in total. The Labute approximate surface area is 175 Å². The highest BCUT2D eigenvalue weighted by molar-refractivity contribution is 5.91. The summed E-state index contributed by atoms with van der Waals surface area (Å²) in [6.45, 7) is 11.9. The summed E-state index contributed by atoms with van der Waals surface area (Å²) in [5.74, 6) is -2.50. The van der Waals surface area contributed by atoms with Crippen LogP contribution in [0.1, 0.15) is 41.0 Å². The van der Waals surface area contributed by atoms with Crippen LogP contribution >= 0.6 is 0 Å². The van der Waals surface area contributed by atoms with Crippen LogP contribution in [0.2, 0.25) is 0 Å². The van der Waals surface area contributed by atoms with Crippen molar-refractivity contribution < 1.29 is 38.4 Å². The summed E-state index contributed by atoms with van der Waals surface area (Å²) in [6, 6.07) is 0. The molecule has 1 aliphatic carbocycles. The summed E-state index contributed by atoms with van der Waals surface area (Å²) in [5.41, 5.74) is 0.273. The summed E-state index contributed by atoms with van der Waals surface area (Å²) in [5, 5.41) is 11.2. The van der Waals surface area contributed by atoms with Crippen molar-refractivity contribution in [2.75, 3.05) is 0 Å². The van der Waals surface area contributed by atoms with Crippen LogP contribution in [0.25, 0.3) is 0 Å². The van der Waals surface area contributed by atoms with Crippen molar-refractivity contribution in [3.8, 4) is 0 Å². The fourth-order valence-corrected chi connectivity index (χ4v) is 3.85. The van der Waals surface area contributed by atoms with Crippen molar-refractivity contribution >= 4 is 17.9 Å². The zero-order valence-corrected chi connectivity index (χ0v) is 17.8. The minimum Gasteiger partial charge on any atom is -0.458 e. The molecule has 30 heavy (non-hydrogen) atoms. The Kier molecular flexibility index (Phi) is 5.93. The molecule has 0 saturated carbocycles. The minimum absolute atomic E-state index is 0.0947. The highest BCUT2D eigenvalue weighted by Crippen LogP contribution is 2.40. The lowest BCUT2D eigenvalue weighted by Crippen LogP contribution is -2.44. The maximum absolute atomic E-state index is 12.7. The Bertz CT molecular complexity index is 840. The molecule has 1 N–H and O–H groups in total. The van der Waals surface area contributed by atoms with Crippen LogP contribution in [-0.2, 0) is 33.3 Å². The van der Waals surface area contributed by atoms with Crippen LogP contribution in [-0.4, -0.2) is 59.1 Å². The van der Waals surface area contributed by atoms with Crippen LogP contribution in [0.4, 0.5) is 0 Å². The number of rotatable bonds is 3. The number of carbonyl (C=O) groups excluding carboxylic acids is 3. The number of aliphatic hydroxyl groups excluding tert-OH is 1. The first-order valence-corrected chi connectivity index (χ1v) is 9.94. The number of epoxide rings is 1. The first kappa shape index (κ1) is 22.2. The Morgan fingerprint density at radius 3 is 2.47 bits per heavy atom. The maximum Gasteiger partial charge on any atom is 0.341 e. The van der Waals surface area contributed by atoms with Gasteiger partial charge in [-0.1, -0.05) is 12.7 Å². The highest BCUT2D eigenvalue weighted by atomic mass is 16.7. The van der Waals surface area contributed by atoms with E-state index in [1.807, 2.05) is 0 Å². The van der Waals surface area contributed by atoms with Crippen LogP contribution < -0.4 is 0 Å². The topological polar surface area (TPSA) is 112 Å². The standard InChI is InChI=1S/C22H28O8/c1-10-7-8-15(27-14(5)23)11(2)9-16-17(12(3)20(25)28-16)18(24)19(10)29-21(26)22(6)13(4)30-22/h7,9,13,15-19,24H,3,8H2,1-2,4-6H3/b10-7+,11-9-/t13-,15+,16+,17-,18+,19-,22-/m1/s1. The SMILES string of the molecule is C=C1C(=O)O[C@H]2/C=C(/C)[C@@H](OC(C)=O)C/C=C(\C)[C@@H](OC(=O)[C@]3(C)O[C@@H]3C)[C@@H](O)[C@H]12. The number of carbonyl (C=O) groups is 3. The molecule has 164 valence electrons. The molecule has 0 aromatic rings. The zero-order valence-electron chi connectivity index (χ0n) is 17.8. The Hall–Kier alpha value is -2.45. The van der Waals surface area contributed by atoms with Gasteiger partial charge in [0.25, 0.3) is 0 Å². The van der Waals surface area contributed by atoms with Crippen LogP contribution in [0.5, 0.6) is 0 Å². The van der Waals surface area contributed by atoms with E-state index in [2.05, 4.69) is 6.58 Å². The van der Waals surface area contributed by atoms with E-state index >= 15 is 0 Å². The molecule has 0 radical (unpaired) electrons. The van der Waals surface area contributed by atoms with E-state index < -0.39 is 53.8 Å². The smallest absolute Gasteiger partial charge is 0.341 e. The quantitative estimate of drug-likeness (QED) is 0.242. The van der Waals surface area contributed by atoms with Gasteiger partial charge in [-0.05, 0) is 44.9 Å². The van der Waals surface area contributed by atoms with E-state index in [0.29, 0.717) is 17.6 Å². The molecule has 0 aromatic carbocycles. The van der Waals surface area contributed by atoms with E-state index in [4.69, 9.17) is 18.9 Å². The summed E-state index contributed by atoms with van der Waals surface area (Å²) < 4.78 is 21.8. The molecule has 0 amide bonds. The summed E-state index contributed by atoms with van der Waals surface area (Å²) in [6.07, 6.45) is -0.284. The molecule has 0 aromatic heterocycles. The van der Waals surface area contributed by atoms with Gasteiger partial charge in [0.05, 0.1) is 12.0 Å². The van der Waals surface area contributed by atoms with Gasteiger partial charge in [0, 0.05) is 18.9 Å². The molecule has 3 rings (SSSR count). The molecule has 2 saturated heterocycles. The van der Waals surface area contributed by atoms with Crippen molar-refractivity contribution in [1.82, 2.24) is 0 Å². The maximum atomic E-state index is 12.7. The van der Waals surface area contributed by atoms with E-state index in [1.54, 1.807) is 39.8 Å². The minimum atomic E-state index is -1.26. The van der Waals surface area contributed by atoms with E-state index in [-0.39, 0.29) is 11.7 Å². The van der Waals surface area contributed by atoms with Crippen molar-refractivity contribution in [2.24, 2.45) is 5.92 Å². The fraction of sp³-hybridized carbons (Fsp3) is 0.591. The Balaban J connectivity index is 1.98. The van der Waals surface area contributed by atoms with E-state index in [9.17, 15) is 19.5 Å². The number of hydrogen-bond donors (Lipinski definition) is 1. The molecule has 0 spiro atoms. The predicted molar refractivity (Wildman–Crippen MR) is 105 cm³/mol. The Morgan fingerprint density at radius 2 is 1.90 bits per heavy atom. The number of ether oxygens (including phenoxy) is 4. The lowest BCUT2D eigenvalue weighted by molar-refractivity contribution is -0.160. The third kappa shape index (κ3) is 4.06. The molecular formula is C22H28O8. The number of hydrogen-bond acceptors (Lipinski definition) is 8. The first-order valence-electron chi connectivity index (χ1n) is 9.94. The highest BCUT2D eigenvalue weighted by Gasteiger charge is 2.58. The zero-order chi connectivity index (χ0) is 22.4. The average Bonchev–Trinajstić information content (AvgIpc) is 3.18. The van der Waals surface area contributed by atoms with Gasteiger partial charge < -0.3 is 24.1 Å². The monoisotopic (exact) mass is 420 g/mol. The molecule has 7 atom stereocenters. The average molecular weight is 420 g/mol. The van der Waals surface area contributed by atoms with Gasteiger partial charge >= 0.3 is 17.9 Å². The number of fused-ring (bicyclic) bond motifs is 1. The van der Waals surface area contributed by atoms with Crippen molar-refractivity contribution in [1.29, 1.82) is 0 Å². The van der Waals surface area contributed by atoms with Gasteiger partial charge in [-0.25, -0.2) is 9.59 Å². The third-order valence-corrected chi connectivity index (χ3v) is 6.07. The number of esters is 3. The van der Waals surface area contributed by atoms with Crippen LogP contribution in [0.3, 0.4) is 0 Å². The van der Waals surface area contributed by atoms with Crippen molar-refractivity contribution in [3.05, 3.63) is 35.5 Å². The second-order valence-electron chi connectivity index (χ2n) is 8.30. The predicted octanol–water partition coefficient (Wildman–Crippen LogP) is 1.76. The second-order valence-corrected chi connectivity index (χ2v) is 8.30. The van der Waals surface area contributed by atoms with Crippen LogP contribution in [0, 0.1) is 5.92 Å². The second kappa shape index (κ2) is 8.00. The third-order valence-electron chi connectivity index (χ3n) is 6.07. The lowest BCUT2D eigenvalue weighted by atomic mass is 9.83. The van der Waals surface area contributed by atoms with E-state index in [1.165, 1.54) is 6.92 Å².